The summed E-state index contributed by atoms with van der Waals surface area (Å²) >= 11 is 3.26. The summed E-state index contributed by atoms with van der Waals surface area (Å²) in [4.78, 5) is 37.1. The molecule has 3 rings (SSSR count). The number of carbonyl (C=O) groups excluding carboxylic acids is 3. The van der Waals surface area contributed by atoms with Gasteiger partial charge in [0, 0.05) is 4.47 Å². The topological polar surface area (TPSA) is 63.7 Å². The molecule has 0 aromatic heterocycles. The van der Waals surface area contributed by atoms with Gasteiger partial charge in [0.2, 0.25) is 0 Å². The molecule has 1 aliphatic heterocycles. The molecule has 0 unspecified atom stereocenters. The van der Waals surface area contributed by atoms with E-state index in [1.165, 1.54) is 0 Å². The highest BCUT2D eigenvalue weighted by molar-refractivity contribution is 9.10. The van der Waals surface area contributed by atoms with Crippen LogP contribution < -0.4 is 0 Å². The molecule has 2 amide bonds. The zero-order chi connectivity index (χ0) is 15.7. The molecule has 0 saturated carbocycles. The standard InChI is InChI=1S/C16H10BrNO4/c17-11-5-3-4-10(8-11)16(21)22-9-18-14(19)12-6-1-2-7-13(12)15(18)20/h1-8H,9H2. The summed E-state index contributed by atoms with van der Waals surface area (Å²) in [6.45, 7) is -0.405. The maximum absolute atomic E-state index is 12.1. The van der Waals surface area contributed by atoms with Crippen LogP contribution in [0.3, 0.4) is 0 Å². The van der Waals surface area contributed by atoms with Crippen molar-refractivity contribution in [3.63, 3.8) is 0 Å². The minimum atomic E-state index is -0.599. The summed E-state index contributed by atoms with van der Waals surface area (Å²) < 4.78 is 5.80. The van der Waals surface area contributed by atoms with Crippen molar-refractivity contribution in [1.29, 1.82) is 0 Å². The quantitative estimate of drug-likeness (QED) is 0.624. The number of carbonyl (C=O) groups is 3. The van der Waals surface area contributed by atoms with Crippen molar-refractivity contribution in [1.82, 2.24) is 4.90 Å². The van der Waals surface area contributed by atoms with Crippen molar-refractivity contribution in [2.75, 3.05) is 6.73 Å². The van der Waals surface area contributed by atoms with Gasteiger partial charge < -0.3 is 4.74 Å². The Balaban J connectivity index is 1.72. The SMILES string of the molecule is O=C(OCN1C(=O)c2ccccc2C1=O)c1cccc(Br)c1. The first-order valence-corrected chi connectivity index (χ1v) is 7.25. The molecule has 0 fully saturated rings. The Bertz CT molecular complexity index is 752. The highest BCUT2D eigenvalue weighted by Crippen LogP contribution is 2.22. The number of amides is 2. The lowest BCUT2D eigenvalue weighted by molar-refractivity contribution is 0.0228. The van der Waals surface area contributed by atoms with Gasteiger partial charge in [0.1, 0.15) is 0 Å². The van der Waals surface area contributed by atoms with Crippen molar-refractivity contribution in [2.24, 2.45) is 0 Å². The highest BCUT2D eigenvalue weighted by Gasteiger charge is 2.35. The maximum Gasteiger partial charge on any atom is 0.339 e. The molecule has 1 aliphatic rings. The maximum atomic E-state index is 12.1. The van der Waals surface area contributed by atoms with Crippen LogP contribution in [0.4, 0.5) is 0 Å². The lowest BCUT2D eigenvalue weighted by atomic mass is 10.1. The molecule has 0 spiro atoms. The average molecular weight is 360 g/mol. The number of rotatable bonds is 3. The van der Waals surface area contributed by atoms with Gasteiger partial charge in [-0.05, 0) is 30.3 Å². The van der Waals surface area contributed by atoms with E-state index in [4.69, 9.17) is 4.74 Å². The molecule has 0 saturated heterocycles. The molecule has 2 aromatic rings. The minimum Gasteiger partial charge on any atom is -0.440 e. The van der Waals surface area contributed by atoms with Gasteiger partial charge in [0.25, 0.3) is 11.8 Å². The Labute approximate surface area is 134 Å². The van der Waals surface area contributed by atoms with E-state index in [2.05, 4.69) is 15.9 Å². The van der Waals surface area contributed by atoms with Gasteiger partial charge in [-0.15, -0.1) is 0 Å². The number of fused-ring (bicyclic) bond motifs is 1. The van der Waals surface area contributed by atoms with Crippen molar-refractivity contribution in [3.05, 3.63) is 69.7 Å². The second-order valence-electron chi connectivity index (χ2n) is 4.66. The second-order valence-corrected chi connectivity index (χ2v) is 5.57. The van der Waals surface area contributed by atoms with Crippen LogP contribution in [0.5, 0.6) is 0 Å². The van der Waals surface area contributed by atoms with E-state index in [1.807, 2.05) is 0 Å². The number of halogens is 1. The van der Waals surface area contributed by atoms with Crippen molar-refractivity contribution in [2.45, 2.75) is 0 Å². The molecule has 110 valence electrons. The zero-order valence-electron chi connectivity index (χ0n) is 11.3. The Kier molecular flexibility index (Phi) is 3.77. The first-order chi connectivity index (χ1) is 10.6. The van der Waals surface area contributed by atoms with Gasteiger partial charge >= 0.3 is 5.97 Å². The number of nitrogens with zero attached hydrogens (tertiary/aromatic N) is 1. The fraction of sp³-hybridized carbons (Fsp3) is 0.0625. The van der Waals surface area contributed by atoms with Gasteiger partial charge in [-0.25, -0.2) is 9.69 Å². The summed E-state index contributed by atoms with van der Waals surface area (Å²) in [7, 11) is 0. The molecule has 0 bridgehead atoms. The van der Waals surface area contributed by atoms with E-state index in [9.17, 15) is 14.4 Å². The van der Waals surface area contributed by atoms with Gasteiger partial charge in [-0.1, -0.05) is 34.1 Å². The van der Waals surface area contributed by atoms with Crippen LogP contribution in [-0.4, -0.2) is 29.4 Å². The lowest BCUT2D eigenvalue weighted by Gasteiger charge is -2.13. The molecule has 1 heterocycles. The highest BCUT2D eigenvalue weighted by atomic mass is 79.9. The molecule has 0 aliphatic carbocycles. The number of hydrogen-bond donors (Lipinski definition) is 0. The Morgan fingerprint density at radius 2 is 1.64 bits per heavy atom. The molecule has 2 aromatic carbocycles. The van der Waals surface area contributed by atoms with E-state index in [-0.39, 0.29) is 0 Å². The van der Waals surface area contributed by atoms with Crippen molar-refractivity contribution >= 4 is 33.7 Å². The third-order valence-electron chi connectivity index (χ3n) is 3.26. The first-order valence-electron chi connectivity index (χ1n) is 6.46. The van der Waals surface area contributed by atoms with Crippen LogP contribution in [0, 0.1) is 0 Å². The zero-order valence-corrected chi connectivity index (χ0v) is 12.9. The summed E-state index contributed by atoms with van der Waals surface area (Å²) in [5.41, 5.74) is 0.989. The monoisotopic (exact) mass is 359 g/mol. The molecule has 22 heavy (non-hydrogen) atoms. The van der Waals surface area contributed by atoms with E-state index < -0.39 is 24.5 Å². The van der Waals surface area contributed by atoms with Gasteiger partial charge in [-0.2, -0.15) is 0 Å². The van der Waals surface area contributed by atoms with Crippen molar-refractivity contribution < 1.29 is 19.1 Å². The first kappa shape index (κ1) is 14.5. The third kappa shape index (κ3) is 2.53. The van der Waals surface area contributed by atoms with Crippen LogP contribution in [-0.2, 0) is 4.74 Å². The van der Waals surface area contributed by atoms with E-state index >= 15 is 0 Å². The fourth-order valence-corrected chi connectivity index (χ4v) is 2.58. The predicted octanol–water partition coefficient (Wildman–Crippen LogP) is 2.86. The fourth-order valence-electron chi connectivity index (χ4n) is 2.18. The predicted molar refractivity (Wildman–Crippen MR) is 81.4 cm³/mol. The number of hydrogen-bond acceptors (Lipinski definition) is 4. The van der Waals surface area contributed by atoms with Crippen LogP contribution in [0.15, 0.2) is 53.0 Å². The molecule has 0 N–H and O–H groups in total. The van der Waals surface area contributed by atoms with E-state index in [0.717, 1.165) is 9.37 Å². The van der Waals surface area contributed by atoms with Crippen LogP contribution in [0.25, 0.3) is 0 Å². The molecule has 6 heteroatoms. The molecular formula is C16H10BrNO4. The summed E-state index contributed by atoms with van der Waals surface area (Å²) in [5.74, 6) is -1.51. The van der Waals surface area contributed by atoms with E-state index in [0.29, 0.717) is 16.7 Å². The number of imide groups is 1. The largest absolute Gasteiger partial charge is 0.440 e. The summed E-state index contributed by atoms with van der Waals surface area (Å²) in [5, 5.41) is 0. The Hall–Kier alpha value is -2.47. The van der Waals surface area contributed by atoms with Gasteiger partial charge in [-0.3, -0.25) is 9.59 Å². The summed E-state index contributed by atoms with van der Waals surface area (Å²) in [6.07, 6.45) is 0. The molecular weight excluding hydrogens is 350 g/mol. The lowest BCUT2D eigenvalue weighted by Crippen LogP contribution is -2.33. The van der Waals surface area contributed by atoms with Crippen molar-refractivity contribution in [3.8, 4) is 0 Å². The number of esters is 1. The summed E-state index contributed by atoms with van der Waals surface area (Å²) in [6, 6.07) is 13.2. The molecule has 0 atom stereocenters. The minimum absolute atomic E-state index is 0.325. The molecule has 5 nitrogen and oxygen atoms in total. The van der Waals surface area contributed by atoms with Gasteiger partial charge in [0.05, 0.1) is 16.7 Å². The number of ether oxygens (including phenoxy) is 1. The molecule has 0 radical (unpaired) electrons. The number of benzene rings is 2. The third-order valence-corrected chi connectivity index (χ3v) is 3.76. The van der Waals surface area contributed by atoms with Crippen LogP contribution in [0.1, 0.15) is 31.1 Å². The normalized spacial score (nSPS) is 13.2. The average Bonchev–Trinajstić information content (AvgIpc) is 2.77. The van der Waals surface area contributed by atoms with Crippen LogP contribution in [0.2, 0.25) is 0 Å². The Morgan fingerprint density at radius 1 is 1.00 bits per heavy atom. The Morgan fingerprint density at radius 3 is 2.23 bits per heavy atom. The van der Waals surface area contributed by atoms with Gasteiger partial charge in [0.15, 0.2) is 6.73 Å². The second kappa shape index (κ2) is 5.73. The van der Waals surface area contributed by atoms with E-state index in [1.54, 1.807) is 48.5 Å². The van der Waals surface area contributed by atoms with Crippen LogP contribution >= 0.6 is 15.9 Å². The smallest absolute Gasteiger partial charge is 0.339 e.